The van der Waals surface area contributed by atoms with Gasteiger partial charge >= 0.3 is 0 Å². The first-order chi connectivity index (χ1) is 7.81. The topological polar surface area (TPSA) is 40.5 Å². The van der Waals surface area contributed by atoms with E-state index < -0.39 is 0 Å². The van der Waals surface area contributed by atoms with Crippen LogP contribution in [0.25, 0.3) is 0 Å². The molecule has 1 N–H and O–H groups in total. The molecule has 3 nitrogen and oxygen atoms in total. The molecule has 0 bridgehead atoms. The second kappa shape index (κ2) is 5.46. The number of carbonyl (C=O) groups is 1. The maximum atomic E-state index is 11.9. The van der Waals surface area contributed by atoms with E-state index in [-0.39, 0.29) is 12.5 Å². The largest absolute Gasteiger partial charge is 0.396 e. The maximum absolute atomic E-state index is 11.9. The summed E-state index contributed by atoms with van der Waals surface area (Å²) >= 11 is 1.67. The normalized spacial score (nSPS) is 15.1. The number of aliphatic hydroxyl groups excluding tert-OH is 1. The highest BCUT2D eigenvalue weighted by Gasteiger charge is 2.32. The van der Waals surface area contributed by atoms with Crippen LogP contribution in [0.4, 0.5) is 0 Å². The van der Waals surface area contributed by atoms with Crippen molar-refractivity contribution >= 4 is 17.2 Å². The Morgan fingerprint density at radius 3 is 2.94 bits per heavy atom. The molecule has 1 fully saturated rings. The van der Waals surface area contributed by atoms with Crippen LogP contribution in [-0.4, -0.2) is 28.6 Å². The Bertz CT molecular complexity index is 333. The molecule has 0 spiro atoms. The molecule has 0 aliphatic heterocycles. The predicted octanol–water partition coefficient (Wildman–Crippen LogP) is 2.01. The van der Waals surface area contributed by atoms with Crippen molar-refractivity contribution in [3.63, 3.8) is 0 Å². The smallest absolute Gasteiger partial charge is 0.223 e. The lowest BCUT2D eigenvalue weighted by molar-refractivity contribution is -0.132. The molecule has 0 saturated heterocycles. The van der Waals surface area contributed by atoms with Crippen LogP contribution in [0.1, 0.15) is 31.2 Å². The first kappa shape index (κ1) is 11.6. The molecule has 4 heteroatoms. The molecule has 2 rings (SSSR count). The Morgan fingerprint density at radius 2 is 2.38 bits per heavy atom. The van der Waals surface area contributed by atoms with Crippen LogP contribution in [0.3, 0.4) is 0 Å². The predicted molar refractivity (Wildman–Crippen MR) is 64.2 cm³/mol. The fourth-order valence-corrected chi connectivity index (χ4v) is 2.42. The minimum absolute atomic E-state index is 0.0999. The summed E-state index contributed by atoms with van der Waals surface area (Å²) in [7, 11) is 0. The molecular weight excluding hydrogens is 222 g/mol. The summed E-state index contributed by atoms with van der Waals surface area (Å²) in [6.45, 7) is 0.834. The van der Waals surface area contributed by atoms with Crippen LogP contribution in [0.15, 0.2) is 16.8 Å². The van der Waals surface area contributed by atoms with Gasteiger partial charge in [-0.1, -0.05) is 0 Å². The summed E-state index contributed by atoms with van der Waals surface area (Å²) in [6, 6.07) is 2.52. The van der Waals surface area contributed by atoms with Gasteiger partial charge in [-0.05, 0) is 41.7 Å². The van der Waals surface area contributed by atoms with Crippen molar-refractivity contribution in [2.75, 3.05) is 6.61 Å². The van der Waals surface area contributed by atoms with E-state index in [1.165, 1.54) is 5.56 Å². The molecule has 1 aliphatic carbocycles. The highest BCUT2D eigenvalue weighted by atomic mass is 32.1. The van der Waals surface area contributed by atoms with E-state index in [4.69, 9.17) is 5.11 Å². The molecule has 0 radical (unpaired) electrons. The molecule has 16 heavy (non-hydrogen) atoms. The van der Waals surface area contributed by atoms with E-state index in [1.54, 1.807) is 11.3 Å². The van der Waals surface area contributed by atoms with E-state index in [2.05, 4.69) is 11.4 Å². The second-order valence-corrected chi connectivity index (χ2v) is 4.99. The van der Waals surface area contributed by atoms with Crippen LogP contribution >= 0.6 is 11.3 Å². The van der Waals surface area contributed by atoms with Gasteiger partial charge in [-0.3, -0.25) is 4.79 Å². The summed E-state index contributed by atoms with van der Waals surface area (Å²) in [4.78, 5) is 13.9. The standard InChI is InChI=1S/C12H17NO2S/c14-6-1-2-12(15)13(11-3-4-11)8-10-5-7-16-9-10/h5,7,9,11,14H,1-4,6,8H2. The van der Waals surface area contributed by atoms with E-state index in [1.807, 2.05) is 10.3 Å². The van der Waals surface area contributed by atoms with Crippen molar-refractivity contribution in [2.45, 2.75) is 38.3 Å². The zero-order chi connectivity index (χ0) is 11.4. The lowest BCUT2D eigenvalue weighted by Crippen LogP contribution is -2.32. The van der Waals surface area contributed by atoms with Crippen LogP contribution in [0, 0.1) is 0 Å². The fourth-order valence-electron chi connectivity index (χ4n) is 1.76. The molecule has 1 aromatic rings. The third kappa shape index (κ3) is 3.06. The van der Waals surface area contributed by atoms with E-state index in [0.29, 0.717) is 18.9 Å². The maximum Gasteiger partial charge on any atom is 0.223 e. The van der Waals surface area contributed by atoms with Crippen LogP contribution in [0.5, 0.6) is 0 Å². The van der Waals surface area contributed by atoms with Gasteiger partial charge in [-0.15, -0.1) is 0 Å². The number of nitrogens with zero attached hydrogens (tertiary/aromatic N) is 1. The molecule has 1 saturated carbocycles. The molecule has 88 valence electrons. The number of hydrogen-bond acceptors (Lipinski definition) is 3. The SMILES string of the molecule is O=C(CCCO)N(Cc1ccsc1)C1CC1. The number of carbonyl (C=O) groups excluding carboxylic acids is 1. The number of rotatable bonds is 6. The molecular formula is C12H17NO2S. The molecule has 0 atom stereocenters. The third-order valence-electron chi connectivity index (χ3n) is 2.79. The summed E-state index contributed by atoms with van der Waals surface area (Å²) < 4.78 is 0. The summed E-state index contributed by atoms with van der Waals surface area (Å²) in [6.07, 6.45) is 3.31. The number of aliphatic hydroxyl groups is 1. The molecule has 0 unspecified atom stereocenters. The minimum Gasteiger partial charge on any atom is -0.396 e. The van der Waals surface area contributed by atoms with E-state index >= 15 is 0 Å². The van der Waals surface area contributed by atoms with E-state index in [9.17, 15) is 4.79 Å². The Labute approximate surface area is 99.7 Å². The summed E-state index contributed by atoms with van der Waals surface area (Å²) in [5, 5.41) is 12.9. The molecule has 1 aliphatic rings. The van der Waals surface area contributed by atoms with Gasteiger partial charge in [0.15, 0.2) is 0 Å². The van der Waals surface area contributed by atoms with Crippen molar-refractivity contribution in [1.29, 1.82) is 0 Å². The van der Waals surface area contributed by atoms with E-state index in [0.717, 1.165) is 19.4 Å². The third-order valence-corrected chi connectivity index (χ3v) is 3.52. The Kier molecular flexibility index (Phi) is 3.96. The van der Waals surface area contributed by atoms with Crippen LogP contribution in [-0.2, 0) is 11.3 Å². The summed E-state index contributed by atoms with van der Waals surface area (Å²) in [5.74, 6) is 0.183. The van der Waals surface area contributed by atoms with Gasteiger partial charge in [0.2, 0.25) is 5.91 Å². The zero-order valence-corrected chi connectivity index (χ0v) is 10.1. The average Bonchev–Trinajstić information content (AvgIpc) is 3.00. The zero-order valence-electron chi connectivity index (χ0n) is 9.26. The second-order valence-electron chi connectivity index (χ2n) is 4.21. The molecule has 0 aromatic carbocycles. The lowest BCUT2D eigenvalue weighted by atomic mass is 10.2. The quantitative estimate of drug-likeness (QED) is 0.825. The van der Waals surface area contributed by atoms with Crippen LogP contribution < -0.4 is 0 Å². The van der Waals surface area contributed by atoms with Gasteiger partial charge in [0.25, 0.3) is 0 Å². The number of amides is 1. The molecule has 1 amide bonds. The molecule has 1 heterocycles. The number of hydrogen-bond donors (Lipinski definition) is 1. The Hall–Kier alpha value is -0.870. The monoisotopic (exact) mass is 239 g/mol. The highest BCUT2D eigenvalue weighted by molar-refractivity contribution is 7.07. The average molecular weight is 239 g/mol. The van der Waals surface area contributed by atoms with Gasteiger partial charge in [0, 0.05) is 25.6 Å². The summed E-state index contributed by atoms with van der Waals surface area (Å²) in [5.41, 5.74) is 1.22. The first-order valence-corrected chi connectivity index (χ1v) is 6.67. The van der Waals surface area contributed by atoms with Gasteiger partial charge in [0.1, 0.15) is 0 Å². The van der Waals surface area contributed by atoms with Crippen molar-refractivity contribution in [3.05, 3.63) is 22.4 Å². The first-order valence-electron chi connectivity index (χ1n) is 5.72. The minimum atomic E-state index is 0.0999. The van der Waals surface area contributed by atoms with Crippen molar-refractivity contribution in [3.8, 4) is 0 Å². The molecule has 1 aromatic heterocycles. The van der Waals surface area contributed by atoms with Gasteiger partial charge in [-0.25, -0.2) is 0 Å². The van der Waals surface area contributed by atoms with Crippen molar-refractivity contribution in [1.82, 2.24) is 4.90 Å². The highest BCUT2D eigenvalue weighted by Crippen LogP contribution is 2.29. The van der Waals surface area contributed by atoms with Gasteiger partial charge in [-0.2, -0.15) is 11.3 Å². The van der Waals surface area contributed by atoms with Crippen LogP contribution in [0.2, 0.25) is 0 Å². The Balaban J connectivity index is 1.92. The van der Waals surface area contributed by atoms with Gasteiger partial charge < -0.3 is 10.0 Å². The Morgan fingerprint density at radius 1 is 1.56 bits per heavy atom. The van der Waals surface area contributed by atoms with Crippen molar-refractivity contribution in [2.24, 2.45) is 0 Å². The lowest BCUT2D eigenvalue weighted by Gasteiger charge is -2.21. The van der Waals surface area contributed by atoms with Gasteiger partial charge in [0.05, 0.1) is 0 Å². The number of thiophene rings is 1. The fraction of sp³-hybridized carbons (Fsp3) is 0.583. The van der Waals surface area contributed by atoms with Crippen molar-refractivity contribution < 1.29 is 9.90 Å².